The summed E-state index contributed by atoms with van der Waals surface area (Å²) in [6.07, 6.45) is 0.589. The van der Waals surface area contributed by atoms with Gasteiger partial charge in [-0.1, -0.05) is 23.7 Å². The lowest BCUT2D eigenvalue weighted by Gasteiger charge is -2.13. The molecule has 0 aliphatic carbocycles. The fourth-order valence-corrected chi connectivity index (χ4v) is 2.78. The Morgan fingerprint density at radius 3 is 2.52 bits per heavy atom. The van der Waals surface area contributed by atoms with Gasteiger partial charge in [0.25, 0.3) is 5.91 Å². The van der Waals surface area contributed by atoms with Crippen LogP contribution in [0.4, 0.5) is 4.39 Å². The third-order valence-corrected chi connectivity index (χ3v) is 4.90. The Labute approximate surface area is 164 Å². The fourth-order valence-electron chi connectivity index (χ4n) is 2.11. The molecule has 0 saturated carbocycles. The zero-order valence-electron chi connectivity index (χ0n) is 15.1. The first-order valence-electron chi connectivity index (χ1n) is 7.96. The maximum absolute atomic E-state index is 14.2. The van der Waals surface area contributed by atoms with E-state index in [9.17, 15) is 13.4 Å². The van der Waals surface area contributed by atoms with Crippen LogP contribution < -0.4 is 14.2 Å². The van der Waals surface area contributed by atoms with Gasteiger partial charge in [0.2, 0.25) is 0 Å². The van der Waals surface area contributed by atoms with Crippen molar-refractivity contribution in [3.05, 3.63) is 58.4 Å². The smallest absolute Gasteiger partial charge is 0.266 e. The molecule has 1 N–H and O–H groups in total. The SMILES string of the molecule is COc1ccc(CCOc2cc(F)c(C(=O)NS(=O)N(C)C)cc2Cl)cc1. The predicted octanol–water partition coefficient (Wildman–Crippen LogP) is 2.98. The van der Waals surface area contributed by atoms with E-state index in [0.717, 1.165) is 23.4 Å². The van der Waals surface area contributed by atoms with Gasteiger partial charge in [-0.2, -0.15) is 0 Å². The second-order valence-corrected chi connectivity index (χ2v) is 7.54. The molecule has 0 bridgehead atoms. The van der Waals surface area contributed by atoms with E-state index in [1.54, 1.807) is 7.11 Å². The average molecular weight is 415 g/mol. The van der Waals surface area contributed by atoms with E-state index >= 15 is 0 Å². The number of methoxy groups -OCH3 is 1. The fraction of sp³-hybridized carbons (Fsp3) is 0.278. The molecule has 0 fully saturated rings. The molecule has 0 heterocycles. The molecule has 27 heavy (non-hydrogen) atoms. The molecule has 2 aromatic carbocycles. The summed E-state index contributed by atoms with van der Waals surface area (Å²) in [5, 5.41) is 0.0897. The number of carbonyl (C=O) groups is 1. The van der Waals surface area contributed by atoms with Crippen molar-refractivity contribution >= 4 is 28.7 Å². The summed E-state index contributed by atoms with van der Waals surface area (Å²) in [4.78, 5) is 12.0. The third-order valence-electron chi connectivity index (χ3n) is 3.59. The van der Waals surface area contributed by atoms with Gasteiger partial charge in [-0.15, -0.1) is 0 Å². The van der Waals surface area contributed by atoms with Gasteiger partial charge in [0.1, 0.15) is 17.3 Å². The van der Waals surface area contributed by atoms with Gasteiger partial charge in [0.05, 0.1) is 24.3 Å². The number of hydrogen-bond donors (Lipinski definition) is 1. The van der Waals surface area contributed by atoms with Crippen LogP contribution in [0, 0.1) is 5.82 Å². The molecule has 1 amide bonds. The van der Waals surface area contributed by atoms with Crippen molar-refractivity contribution in [2.75, 3.05) is 27.8 Å². The number of benzene rings is 2. The first kappa shape index (κ1) is 21.1. The minimum atomic E-state index is -1.77. The quantitative estimate of drug-likeness (QED) is 0.721. The van der Waals surface area contributed by atoms with Gasteiger partial charge in [0.15, 0.2) is 11.2 Å². The van der Waals surface area contributed by atoms with Gasteiger partial charge < -0.3 is 9.47 Å². The van der Waals surface area contributed by atoms with Crippen molar-refractivity contribution in [3.8, 4) is 11.5 Å². The van der Waals surface area contributed by atoms with Crippen LogP contribution in [0.2, 0.25) is 5.02 Å². The number of nitrogens with zero attached hydrogens (tertiary/aromatic N) is 1. The summed E-state index contributed by atoms with van der Waals surface area (Å²) >= 11 is 4.32. The van der Waals surface area contributed by atoms with Crippen LogP contribution in [-0.4, -0.2) is 42.2 Å². The molecule has 0 saturated heterocycles. The number of hydrogen-bond acceptors (Lipinski definition) is 4. The van der Waals surface area contributed by atoms with Gasteiger partial charge in [-0.25, -0.2) is 12.9 Å². The van der Waals surface area contributed by atoms with Gasteiger partial charge in [0, 0.05) is 26.6 Å². The monoisotopic (exact) mass is 414 g/mol. The maximum atomic E-state index is 14.2. The highest BCUT2D eigenvalue weighted by atomic mass is 35.5. The average Bonchev–Trinajstić information content (AvgIpc) is 2.64. The Hall–Kier alpha value is -2.16. The summed E-state index contributed by atoms with van der Waals surface area (Å²) in [5.41, 5.74) is 0.715. The molecular weight excluding hydrogens is 395 g/mol. The normalized spacial score (nSPS) is 11.9. The van der Waals surface area contributed by atoms with Gasteiger partial charge >= 0.3 is 0 Å². The largest absolute Gasteiger partial charge is 0.497 e. The van der Waals surface area contributed by atoms with Crippen LogP contribution in [0.15, 0.2) is 36.4 Å². The van der Waals surface area contributed by atoms with Gasteiger partial charge in [-0.05, 0) is 23.8 Å². The van der Waals surface area contributed by atoms with Crippen LogP contribution in [0.3, 0.4) is 0 Å². The molecule has 9 heteroatoms. The molecule has 6 nitrogen and oxygen atoms in total. The second kappa shape index (κ2) is 9.68. The minimum Gasteiger partial charge on any atom is -0.497 e. The van der Waals surface area contributed by atoms with Crippen molar-refractivity contribution in [2.45, 2.75) is 6.42 Å². The van der Waals surface area contributed by atoms with E-state index in [1.807, 2.05) is 24.3 Å². The van der Waals surface area contributed by atoms with E-state index in [0.29, 0.717) is 6.42 Å². The highest BCUT2D eigenvalue weighted by molar-refractivity contribution is 7.81. The number of nitrogens with one attached hydrogen (secondary N) is 1. The van der Waals surface area contributed by atoms with E-state index < -0.39 is 22.9 Å². The van der Waals surface area contributed by atoms with Crippen LogP contribution in [0.1, 0.15) is 15.9 Å². The molecule has 1 unspecified atom stereocenters. The first-order chi connectivity index (χ1) is 12.8. The van der Waals surface area contributed by atoms with E-state index in [2.05, 4.69) is 4.72 Å². The number of rotatable bonds is 8. The Balaban J connectivity index is 2.00. The van der Waals surface area contributed by atoms with Crippen molar-refractivity contribution < 1.29 is 22.9 Å². The highest BCUT2D eigenvalue weighted by Gasteiger charge is 2.18. The zero-order valence-corrected chi connectivity index (χ0v) is 16.7. The molecule has 146 valence electrons. The van der Waals surface area contributed by atoms with Crippen molar-refractivity contribution in [2.24, 2.45) is 0 Å². The molecule has 0 aromatic heterocycles. The van der Waals surface area contributed by atoms with Crippen LogP contribution in [-0.2, 0) is 17.6 Å². The summed E-state index contributed by atoms with van der Waals surface area (Å²) in [6, 6.07) is 9.69. The molecule has 0 radical (unpaired) electrons. The van der Waals surface area contributed by atoms with E-state index in [1.165, 1.54) is 18.4 Å². The van der Waals surface area contributed by atoms with Gasteiger partial charge in [-0.3, -0.25) is 9.52 Å². The minimum absolute atomic E-state index is 0.0897. The number of carbonyl (C=O) groups excluding carboxylic acids is 1. The topological polar surface area (TPSA) is 67.9 Å². The van der Waals surface area contributed by atoms with E-state index in [-0.39, 0.29) is 22.9 Å². The number of amides is 1. The summed E-state index contributed by atoms with van der Waals surface area (Å²) in [6.45, 7) is 0.279. The molecule has 2 aromatic rings. The molecule has 0 spiro atoms. The summed E-state index contributed by atoms with van der Waals surface area (Å²) in [7, 11) is 4.62. The lowest BCUT2D eigenvalue weighted by molar-refractivity contribution is 0.0977. The van der Waals surface area contributed by atoms with Crippen molar-refractivity contribution in [3.63, 3.8) is 0 Å². The Bertz CT molecular complexity index is 831. The van der Waals surface area contributed by atoms with Crippen LogP contribution in [0.5, 0.6) is 11.5 Å². The van der Waals surface area contributed by atoms with E-state index in [4.69, 9.17) is 21.1 Å². The molecule has 0 aliphatic heterocycles. The number of ether oxygens (including phenoxy) is 2. The lowest BCUT2D eigenvalue weighted by Crippen LogP contribution is -2.34. The van der Waals surface area contributed by atoms with Crippen LogP contribution in [0.25, 0.3) is 0 Å². The Morgan fingerprint density at radius 2 is 1.93 bits per heavy atom. The maximum Gasteiger partial charge on any atom is 0.266 e. The Kier molecular flexibility index (Phi) is 7.58. The number of halogens is 2. The predicted molar refractivity (Wildman–Crippen MR) is 103 cm³/mol. The summed E-state index contributed by atoms with van der Waals surface area (Å²) < 4.78 is 39.9. The standard InChI is InChI=1S/C18H20ClFN2O4S/c1-22(2)27(24)21-18(23)14-10-15(19)17(11-16(14)20)26-9-8-12-4-6-13(25-3)7-5-12/h4-7,10-11H,8-9H2,1-3H3,(H,21,23). The van der Waals surface area contributed by atoms with Crippen LogP contribution >= 0.6 is 11.6 Å². The summed E-state index contributed by atoms with van der Waals surface area (Å²) in [5.74, 6) is -0.750. The molecule has 2 rings (SSSR count). The van der Waals surface area contributed by atoms with Crippen molar-refractivity contribution in [1.29, 1.82) is 0 Å². The highest BCUT2D eigenvalue weighted by Crippen LogP contribution is 2.28. The molecule has 1 atom stereocenters. The zero-order chi connectivity index (χ0) is 20.0. The molecular formula is C18H20ClFN2O4S. The Morgan fingerprint density at radius 1 is 1.26 bits per heavy atom. The second-order valence-electron chi connectivity index (χ2n) is 5.70. The lowest BCUT2D eigenvalue weighted by atomic mass is 10.1. The first-order valence-corrected chi connectivity index (χ1v) is 9.45. The molecule has 0 aliphatic rings. The third kappa shape index (κ3) is 5.92. The van der Waals surface area contributed by atoms with Crippen molar-refractivity contribution in [1.82, 2.24) is 9.03 Å².